The second kappa shape index (κ2) is 4.25. The van der Waals surface area contributed by atoms with Crippen molar-refractivity contribution in [1.82, 2.24) is 5.43 Å². The van der Waals surface area contributed by atoms with Gasteiger partial charge >= 0.3 is 6.03 Å². The number of nitrogens with two attached hydrogens (primary N) is 1. The molecule has 0 heterocycles. The summed E-state index contributed by atoms with van der Waals surface area (Å²) in [6, 6.07) is -0.583. The van der Waals surface area contributed by atoms with E-state index in [-0.39, 0.29) is 0 Å². The summed E-state index contributed by atoms with van der Waals surface area (Å²) in [7, 11) is 0. The third kappa shape index (κ3) is 2.72. The molecule has 0 aliphatic heterocycles. The first-order valence-corrected chi connectivity index (χ1v) is 4.74. The molecule has 2 atom stereocenters. The molecule has 1 aliphatic rings. The molecular weight excluding hydrogens is 166 g/mol. The van der Waals surface area contributed by atoms with Crippen molar-refractivity contribution in [2.24, 2.45) is 22.7 Å². The van der Waals surface area contributed by atoms with Crippen LogP contribution >= 0.6 is 0 Å². The smallest absolute Gasteiger partial charge is 0.332 e. The molecule has 0 spiro atoms. The standard InChI is InChI=1S/C9H17N3O/c1-3-7-5-8(4-6(7)2)11-12-9(10)13/h6-7H,3-5H2,1-2H3,(H3,10,12,13)/b11-8+. The van der Waals surface area contributed by atoms with Crippen molar-refractivity contribution in [3.63, 3.8) is 0 Å². The van der Waals surface area contributed by atoms with E-state index in [1.54, 1.807) is 0 Å². The van der Waals surface area contributed by atoms with Crippen LogP contribution in [0.25, 0.3) is 0 Å². The molecule has 1 fully saturated rings. The van der Waals surface area contributed by atoms with Crippen LogP contribution in [0, 0.1) is 11.8 Å². The Bertz CT molecular complexity index is 225. The summed E-state index contributed by atoms with van der Waals surface area (Å²) in [5.41, 5.74) is 8.26. The lowest BCUT2D eigenvalue weighted by Gasteiger charge is -2.09. The van der Waals surface area contributed by atoms with Crippen LogP contribution in [-0.4, -0.2) is 11.7 Å². The number of carbonyl (C=O) groups is 1. The Balaban J connectivity index is 2.47. The van der Waals surface area contributed by atoms with E-state index in [1.165, 1.54) is 6.42 Å². The van der Waals surface area contributed by atoms with Gasteiger partial charge in [-0.2, -0.15) is 5.10 Å². The lowest BCUT2D eigenvalue weighted by atomic mass is 9.96. The largest absolute Gasteiger partial charge is 0.350 e. The van der Waals surface area contributed by atoms with Crippen LogP contribution in [0.3, 0.4) is 0 Å². The summed E-state index contributed by atoms with van der Waals surface area (Å²) in [6.45, 7) is 4.41. The summed E-state index contributed by atoms with van der Waals surface area (Å²) in [5.74, 6) is 1.40. The van der Waals surface area contributed by atoms with Gasteiger partial charge < -0.3 is 5.73 Å². The van der Waals surface area contributed by atoms with Gasteiger partial charge in [-0.3, -0.25) is 0 Å². The highest BCUT2D eigenvalue weighted by molar-refractivity contribution is 5.88. The molecule has 1 saturated carbocycles. The zero-order valence-electron chi connectivity index (χ0n) is 8.21. The number of hydrogen-bond acceptors (Lipinski definition) is 2. The molecule has 4 heteroatoms. The van der Waals surface area contributed by atoms with Gasteiger partial charge in [-0.05, 0) is 24.7 Å². The minimum absolute atomic E-state index is 0.583. The van der Waals surface area contributed by atoms with Crippen molar-refractivity contribution in [3.05, 3.63) is 0 Å². The average molecular weight is 183 g/mol. The van der Waals surface area contributed by atoms with Crippen LogP contribution in [-0.2, 0) is 0 Å². The first-order valence-electron chi connectivity index (χ1n) is 4.74. The topological polar surface area (TPSA) is 67.5 Å². The first kappa shape index (κ1) is 10.0. The molecular formula is C9H17N3O. The van der Waals surface area contributed by atoms with Gasteiger partial charge in [-0.25, -0.2) is 10.2 Å². The first-order chi connectivity index (χ1) is 6.13. The Kier molecular flexibility index (Phi) is 3.28. The summed E-state index contributed by atoms with van der Waals surface area (Å²) in [4.78, 5) is 10.4. The van der Waals surface area contributed by atoms with Crippen LogP contribution in [0.2, 0.25) is 0 Å². The third-order valence-electron chi connectivity index (χ3n) is 2.71. The zero-order chi connectivity index (χ0) is 9.84. The van der Waals surface area contributed by atoms with Crippen molar-refractivity contribution in [1.29, 1.82) is 0 Å². The van der Waals surface area contributed by atoms with Crippen LogP contribution in [0.4, 0.5) is 4.79 Å². The predicted octanol–water partition coefficient (Wildman–Crippen LogP) is 1.47. The number of hydrazone groups is 1. The van der Waals surface area contributed by atoms with E-state index in [0.29, 0.717) is 11.8 Å². The highest BCUT2D eigenvalue weighted by Crippen LogP contribution is 2.31. The maximum absolute atomic E-state index is 10.4. The molecule has 4 nitrogen and oxygen atoms in total. The number of amides is 2. The highest BCUT2D eigenvalue weighted by atomic mass is 16.2. The fraction of sp³-hybridized carbons (Fsp3) is 0.778. The van der Waals surface area contributed by atoms with Gasteiger partial charge in [0.2, 0.25) is 0 Å². The molecule has 0 saturated heterocycles. The lowest BCUT2D eigenvalue weighted by molar-refractivity contribution is 0.249. The van der Waals surface area contributed by atoms with Gasteiger partial charge in [0.1, 0.15) is 0 Å². The molecule has 74 valence electrons. The minimum atomic E-state index is -0.583. The van der Waals surface area contributed by atoms with Crippen molar-refractivity contribution < 1.29 is 4.79 Å². The number of hydrogen-bond donors (Lipinski definition) is 2. The Hall–Kier alpha value is -1.06. The van der Waals surface area contributed by atoms with E-state index in [4.69, 9.17) is 5.73 Å². The van der Waals surface area contributed by atoms with E-state index < -0.39 is 6.03 Å². The normalized spacial score (nSPS) is 30.8. The van der Waals surface area contributed by atoms with Gasteiger partial charge in [0, 0.05) is 5.71 Å². The van der Waals surface area contributed by atoms with Crippen molar-refractivity contribution in [3.8, 4) is 0 Å². The SMILES string of the molecule is CCC1C/C(=N/NC(N)=O)CC1C. The quantitative estimate of drug-likeness (QED) is 0.625. The molecule has 0 bridgehead atoms. The number of primary amides is 1. The lowest BCUT2D eigenvalue weighted by Crippen LogP contribution is -2.25. The van der Waals surface area contributed by atoms with Gasteiger partial charge in [0.15, 0.2) is 0 Å². The number of nitrogens with zero attached hydrogens (tertiary/aromatic N) is 1. The molecule has 0 aromatic heterocycles. The summed E-state index contributed by atoms with van der Waals surface area (Å²) < 4.78 is 0. The van der Waals surface area contributed by atoms with Crippen LogP contribution in [0.1, 0.15) is 33.1 Å². The zero-order valence-corrected chi connectivity index (χ0v) is 8.21. The highest BCUT2D eigenvalue weighted by Gasteiger charge is 2.26. The van der Waals surface area contributed by atoms with Gasteiger partial charge in [-0.1, -0.05) is 20.3 Å². The summed E-state index contributed by atoms with van der Waals surface area (Å²) >= 11 is 0. The summed E-state index contributed by atoms with van der Waals surface area (Å²) in [5, 5.41) is 3.96. The number of nitrogens with one attached hydrogen (secondary N) is 1. The Morgan fingerprint density at radius 2 is 2.38 bits per heavy atom. The summed E-state index contributed by atoms with van der Waals surface area (Å²) in [6.07, 6.45) is 3.16. The number of urea groups is 1. The van der Waals surface area contributed by atoms with Crippen molar-refractivity contribution >= 4 is 11.7 Å². The Labute approximate surface area is 78.6 Å². The van der Waals surface area contributed by atoms with Gasteiger partial charge in [0.25, 0.3) is 0 Å². The van der Waals surface area contributed by atoms with E-state index in [9.17, 15) is 4.79 Å². The maximum Gasteiger partial charge on any atom is 0.332 e. The Morgan fingerprint density at radius 3 is 2.85 bits per heavy atom. The molecule has 2 amide bonds. The van der Waals surface area contributed by atoms with E-state index >= 15 is 0 Å². The Morgan fingerprint density at radius 1 is 1.69 bits per heavy atom. The number of rotatable bonds is 2. The maximum atomic E-state index is 10.4. The average Bonchev–Trinajstić information content (AvgIpc) is 2.43. The third-order valence-corrected chi connectivity index (χ3v) is 2.71. The molecule has 0 aromatic carbocycles. The van der Waals surface area contributed by atoms with Gasteiger partial charge in [-0.15, -0.1) is 0 Å². The second-order valence-corrected chi connectivity index (χ2v) is 3.71. The van der Waals surface area contributed by atoms with Crippen LogP contribution in [0.5, 0.6) is 0 Å². The van der Waals surface area contributed by atoms with E-state index in [1.807, 2.05) is 0 Å². The molecule has 1 rings (SSSR count). The minimum Gasteiger partial charge on any atom is -0.350 e. The molecule has 2 unspecified atom stereocenters. The fourth-order valence-corrected chi connectivity index (χ4v) is 1.90. The molecule has 0 aromatic rings. The second-order valence-electron chi connectivity index (χ2n) is 3.71. The monoisotopic (exact) mass is 183 g/mol. The number of carbonyl (C=O) groups excluding carboxylic acids is 1. The van der Waals surface area contributed by atoms with Crippen LogP contribution in [0.15, 0.2) is 5.10 Å². The van der Waals surface area contributed by atoms with E-state index in [2.05, 4.69) is 24.4 Å². The molecule has 13 heavy (non-hydrogen) atoms. The molecule has 0 radical (unpaired) electrons. The predicted molar refractivity (Wildman–Crippen MR) is 52.3 cm³/mol. The molecule has 1 aliphatic carbocycles. The van der Waals surface area contributed by atoms with Gasteiger partial charge in [0.05, 0.1) is 0 Å². The molecule has 3 N–H and O–H groups in total. The van der Waals surface area contributed by atoms with Crippen molar-refractivity contribution in [2.45, 2.75) is 33.1 Å². The van der Waals surface area contributed by atoms with E-state index in [0.717, 1.165) is 18.6 Å². The van der Waals surface area contributed by atoms with Crippen molar-refractivity contribution in [2.75, 3.05) is 0 Å². The van der Waals surface area contributed by atoms with Crippen LogP contribution < -0.4 is 11.2 Å². The fourth-order valence-electron chi connectivity index (χ4n) is 1.90.